The topological polar surface area (TPSA) is 61.8 Å². The summed E-state index contributed by atoms with van der Waals surface area (Å²) < 4.78 is 4.91. The zero-order chi connectivity index (χ0) is 20.1. The molecule has 1 unspecified atom stereocenters. The van der Waals surface area contributed by atoms with E-state index in [2.05, 4.69) is 4.98 Å². The van der Waals surface area contributed by atoms with Gasteiger partial charge in [-0.3, -0.25) is 9.36 Å². The molecule has 2 aromatic heterocycles. The van der Waals surface area contributed by atoms with Gasteiger partial charge in [-0.15, -0.1) is 0 Å². The number of fused-ring (bicyclic) bond motifs is 1. The third-order valence-electron chi connectivity index (χ3n) is 5.77. The van der Waals surface area contributed by atoms with Crippen molar-refractivity contribution in [1.82, 2.24) is 18.7 Å². The van der Waals surface area contributed by atoms with Gasteiger partial charge in [0.15, 0.2) is 11.2 Å². The Morgan fingerprint density at radius 1 is 1.00 bits per heavy atom. The summed E-state index contributed by atoms with van der Waals surface area (Å²) in [6, 6.07) is 17.6. The summed E-state index contributed by atoms with van der Waals surface area (Å²) in [5.41, 5.74) is 3.12. The highest BCUT2D eigenvalue weighted by Crippen LogP contribution is 2.33. The van der Waals surface area contributed by atoms with Crippen molar-refractivity contribution in [3.63, 3.8) is 0 Å². The van der Waals surface area contributed by atoms with Gasteiger partial charge < -0.3 is 4.57 Å². The van der Waals surface area contributed by atoms with E-state index in [0.717, 1.165) is 29.7 Å². The lowest BCUT2D eigenvalue weighted by atomic mass is 10.1. The lowest BCUT2D eigenvalue weighted by Crippen LogP contribution is -2.40. The standard InChI is InChI=1S/C23H22N4O2/c1-15-8-6-7-11-19(15)27-21-20(22(28)26(23(27)29)18-12-13-18)25(14-24-21)16(2)17-9-4-3-5-10-17/h3-11,14,16,18H,12-13H2,1-2H3. The van der Waals surface area contributed by atoms with Crippen LogP contribution in [-0.2, 0) is 0 Å². The molecule has 146 valence electrons. The molecule has 1 aliphatic carbocycles. The molecule has 1 fully saturated rings. The van der Waals surface area contributed by atoms with E-state index in [1.165, 1.54) is 4.57 Å². The maximum absolute atomic E-state index is 13.4. The minimum absolute atomic E-state index is 0.0231. The van der Waals surface area contributed by atoms with Gasteiger partial charge in [0.1, 0.15) is 0 Å². The first-order valence-corrected chi connectivity index (χ1v) is 9.93. The van der Waals surface area contributed by atoms with E-state index in [9.17, 15) is 9.59 Å². The minimum atomic E-state index is -0.308. The number of nitrogens with zero attached hydrogens (tertiary/aromatic N) is 4. The summed E-state index contributed by atoms with van der Waals surface area (Å²) >= 11 is 0. The third kappa shape index (κ3) is 2.75. The van der Waals surface area contributed by atoms with Crippen LogP contribution in [0.3, 0.4) is 0 Å². The molecule has 5 rings (SSSR count). The number of imidazole rings is 1. The average molecular weight is 386 g/mol. The van der Waals surface area contributed by atoms with Crippen LogP contribution in [0.4, 0.5) is 0 Å². The van der Waals surface area contributed by atoms with Crippen LogP contribution in [0.25, 0.3) is 16.9 Å². The Labute approximate surface area is 167 Å². The van der Waals surface area contributed by atoms with Crippen LogP contribution < -0.4 is 11.2 Å². The molecule has 1 aliphatic rings. The molecule has 0 N–H and O–H groups in total. The first-order chi connectivity index (χ1) is 14.1. The van der Waals surface area contributed by atoms with Crippen LogP contribution in [-0.4, -0.2) is 18.7 Å². The highest BCUT2D eigenvalue weighted by atomic mass is 16.2. The first kappa shape index (κ1) is 17.7. The predicted molar refractivity (Wildman–Crippen MR) is 113 cm³/mol. The van der Waals surface area contributed by atoms with Gasteiger partial charge in [-0.25, -0.2) is 14.3 Å². The highest BCUT2D eigenvalue weighted by Gasteiger charge is 2.31. The molecule has 2 aromatic carbocycles. The number of benzene rings is 2. The monoisotopic (exact) mass is 386 g/mol. The van der Waals surface area contributed by atoms with Crippen molar-refractivity contribution in [2.45, 2.75) is 38.8 Å². The smallest absolute Gasteiger partial charge is 0.317 e. The van der Waals surface area contributed by atoms with Crippen LogP contribution in [0.2, 0.25) is 0 Å². The van der Waals surface area contributed by atoms with Gasteiger partial charge in [0.25, 0.3) is 5.56 Å². The van der Waals surface area contributed by atoms with Crippen molar-refractivity contribution >= 4 is 11.2 Å². The summed E-state index contributed by atoms with van der Waals surface area (Å²) in [6.07, 6.45) is 3.39. The van der Waals surface area contributed by atoms with Gasteiger partial charge in [0.2, 0.25) is 0 Å². The zero-order valence-electron chi connectivity index (χ0n) is 16.4. The summed E-state index contributed by atoms with van der Waals surface area (Å²) in [5.74, 6) is 0. The summed E-state index contributed by atoms with van der Waals surface area (Å²) in [5, 5.41) is 0. The fourth-order valence-corrected chi connectivity index (χ4v) is 3.99. The van der Waals surface area contributed by atoms with Crippen molar-refractivity contribution in [3.05, 3.63) is 92.9 Å². The van der Waals surface area contributed by atoms with E-state index in [4.69, 9.17) is 0 Å². The summed E-state index contributed by atoms with van der Waals surface area (Å²) in [6.45, 7) is 4.00. The molecule has 0 spiro atoms. The maximum Gasteiger partial charge on any atom is 0.337 e. The van der Waals surface area contributed by atoms with Gasteiger partial charge in [0.05, 0.1) is 18.1 Å². The second-order valence-electron chi connectivity index (χ2n) is 7.72. The van der Waals surface area contributed by atoms with E-state index < -0.39 is 0 Å². The van der Waals surface area contributed by atoms with E-state index in [1.54, 1.807) is 10.9 Å². The number of rotatable bonds is 4. The third-order valence-corrected chi connectivity index (χ3v) is 5.77. The van der Waals surface area contributed by atoms with Gasteiger partial charge in [-0.1, -0.05) is 48.5 Å². The Bertz CT molecular complexity index is 1330. The molecule has 6 nitrogen and oxygen atoms in total. The summed E-state index contributed by atoms with van der Waals surface area (Å²) in [4.78, 5) is 31.3. The van der Waals surface area contributed by atoms with Crippen molar-refractivity contribution < 1.29 is 0 Å². The SMILES string of the molecule is Cc1ccccc1-n1c(=O)n(C2CC2)c(=O)c2c1ncn2C(C)c1ccccc1. The quantitative estimate of drug-likeness (QED) is 0.538. The van der Waals surface area contributed by atoms with E-state index in [-0.39, 0.29) is 23.3 Å². The van der Waals surface area contributed by atoms with Crippen LogP contribution in [0.5, 0.6) is 0 Å². The van der Waals surface area contributed by atoms with Crippen molar-refractivity contribution in [2.24, 2.45) is 0 Å². The molecule has 6 heteroatoms. The molecular formula is C23H22N4O2. The van der Waals surface area contributed by atoms with Gasteiger partial charge in [-0.2, -0.15) is 0 Å². The second-order valence-corrected chi connectivity index (χ2v) is 7.72. The van der Waals surface area contributed by atoms with Crippen molar-refractivity contribution in [1.29, 1.82) is 0 Å². The lowest BCUT2D eigenvalue weighted by Gasteiger charge is -2.17. The zero-order valence-corrected chi connectivity index (χ0v) is 16.4. The molecule has 0 amide bonds. The fourth-order valence-electron chi connectivity index (χ4n) is 3.99. The average Bonchev–Trinajstić information content (AvgIpc) is 3.47. The Morgan fingerprint density at radius 2 is 1.69 bits per heavy atom. The Balaban J connectivity index is 1.85. The molecule has 0 aliphatic heterocycles. The Hall–Kier alpha value is -3.41. The van der Waals surface area contributed by atoms with Crippen LogP contribution in [0.1, 0.15) is 43.0 Å². The fraction of sp³-hybridized carbons (Fsp3) is 0.261. The number of aromatic nitrogens is 4. The molecule has 29 heavy (non-hydrogen) atoms. The van der Waals surface area contributed by atoms with Crippen molar-refractivity contribution in [2.75, 3.05) is 0 Å². The molecule has 1 atom stereocenters. The Morgan fingerprint density at radius 3 is 2.38 bits per heavy atom. The predicted octanol–water partition coefficient (Wildman–Crippen LogP) is 3.60. The van der Waals surface area contributed by atoms with E-state index in [1.807, 2.05) is 73.0 Å². The molecule has 4 aromatic rings. The van der Waals surface area contributed by atoms with E-state index >= 15 is 0 Å². The highest BCUT2D eigenvalue weighted by molar-refractivity contribution is 5.73. The first-order valence-electron chi connectivity index (χ1n) is 9.93. The number of hydrogen-bond acceptors (Lipinski definition) is 3. The number of para-hydroxylation sites is 1. The molecule has 2 heterocycles. The Kier molecular flexibility index (Phi) is 4.01. The van der Waals surface area contributed by atoms with Gasteiger partial charge >= 0.3 is 5.69 Å². The van der Waals surface area contributed by atoms with Gasteiger partial charge in [0, 0.05) is 6.04 Å². The lowest BCUT2D eigenvalue weighted by molar-refractivity contribution is 0.622. The number of hydrogen-bond donors (Lipinski definition) is 0. The van der Waals surface area contributed by atoms with Crippen LogP contribution >= 0.6 is 0 Å². The van der Waals surface area contributed by atoms with Crippen molar-refractivity contribution in [3.8, 4) is 5.69 Å². The normalized spacial score (nSPS) is 15.0. The minimum Gasteiger partial charge on any atom is -0.317 e. The molecule has 0 radical (unpaired) electrons. The molecule has 0 bridgehead atoms. The molecule has 1 saturated carbocycles. The molecule has 0 saturated heterocycles. The van der Waals surface area contributed by atoms with Crippen LogP contribution in [0, 0.1) is 6.92 Å². The van der Waals surface area contributed by atoms with Crippen LogP contribution in [0.15, 0.2) is 70.5 Å². The second kappa shape index (κ2) is 6.58. The largest absolute Gasteiger partial charge is 0.337 e. The van der Waals surface area contributed by atoms with Gasteiger partial charge in [-0.05, 0) is 43.9 Å². The maximum atomic E-state index is 13.4. The molecular weight excluding hydrogens is 364 g/mol. The summed E-state index contributed by atoms with van der Waals surface area (Å²) in [7, 11) is 0. The number of aryl methyl sites for hydroxylation is 1. The van der Waals surface area contributed by atoms with E-state index in [0.29, 0.717) is 11.2 Å².